The molecule has 0 radical (unpaired) electrons. The molecule has 0 bridgehead atoms. The Hall–Kier alpha value is -1.93. The van der Waals surface area contributed by atoms with Crippen LogP contribution in [0.25, 0.3) is 0 Å². The van der Waals surface area contributed by atoms with Crippen LogP contribution in [-0.4, -0.2) is 43.4 Å². The van der Waals surface area contributed by atoms with E-state index in [1.165, 1.54) is 11.2 Å². The van der Waals surface area contributed by atoms with Crippen molar-refractivity contribution in [3.8, 4) is 0 Å². The minimum Gasteiger partial charge on any atom is -0.326 e. The summed E-state index contributed by atoms with van der Waals surface area (Å²) in [6.07, 6.45) is 5.83. The Morgan fingerprint density at radius 3 is 2.04 bits per heavy atom. The maximum atomic E-state index is 12.3. The normalized spacial score (nSPS) is 15.8. The second kappa shape index (κ2) is 8.44. The molecule has 0 unspecified atom stereocenters. The third kappa shape index (κ3) is 6.13. The van der Waals surface area contributed by atoms with Gasteiger partial charge in [-0.1, -0.05) is 19.3 Å². The summed E-state index contributed by atoms with van der Waals surface area (Å²) in [6.45, 7) is 1.23. The molecule has 25 heavy (non-hydrogen) atoms. The smallest absolute Gasteiger partial charge is 0.239 e. The van der Waals surface area contributed by atoms with Crippen molar-refractivity contribution in [1.29, 1.82) is 0 Å². The van der Waals surface area contributed by atoms with Crippen LogP contribution in [0.15, 0.2) is 24.3 Å². The van der Waals surface area contributed by atoms with E-state index in [0.29, 0.717) is 11.4 Å². The number of nitrogens with zero attached hydrogens (tertiary/aromatic N) is 1. The van der Waals surface area contributed by atoms with Crippen molar-refractivity contribution in [3.63, 3.8) is 0 Å². The summed E-state index contributed by atoms with van der Waals surface area (Å²) in [5, 5.41) is 5.35. The molecular weight excluding hydrogens is 342 g/mol. The molecule has 2 rings (SSSR count). The van der Waals surface area contributed by atoms with Crippen LogP contribution in [0.1, 0.15) is 39.0 Å². The van der Waals surface area contributed by atoms with E-state index in [1.807, 2.05) is 0 Å². The fraction of sp³-hybridized carbons (Fsp3) is 0.529. The van der Waals surface area contributed by atoms with Crippen LogP contribution < -0.4 is 10.6 Å². The molecular formula is C17H25N3O4S. The highest BCUT2D eigenvalue weighted by Gasteiger charge is 2.29. The minimum absolute atomic E-state index is 0.100. The fourth-order valence-electron chi connectivity index (χ4n) is 3.07. The first-order valence-corrected chi connectivity index (χ1v) is 10.2. The maximum absolute atomic E-state index is 12.3. The summed E-state index contributed by atoms with van der Waals surface area (Å²) in [5.41, 5.74) is 1.18. The van der Waals surface area contributed by atoms with Crippen LogP contribution >= 0.6 is 0 Å². The number of carbonyl (C=O) groups is 2. The first-order valence-electron chi connectivity index (χ1n) is 8.40. The van der Waals surface area contributed by atoms with Crippen molar-refractivity contribution in [3.05, 3.63) is 24.3 Å². The van der Waals surface area contributed by atoms with Crippen molar-refractivity contribution < 1.29 is 18.0 Å². The van der Waals surface area contributed by atoms with Crippen LogP contribution in [0.3, 0.4) is 0 Å². The molecule has 0 heterocycles. The number of anilines is 2. The molecule has 138 valence electrons. The lowest BCUT2D eigenvalue weighted by Crippen LogP contribution is -2.45. The zero-order valence-electron chi connectivity index (χ0n) is 14.6. The molecule has 1 aliphatic carbocycles. The molecule has 0 spiro atoms. The number of rotatable bonds is 6. The van der Waals surface area contributed by atoms with Gasteiger partial charge in [-0.2, -0.15) is 4.31 Å². The van der Waals surface area contributed by atoms with Gasteiger partial charge in [0.25, 0.3) is 0 Å². The average Bonchev–Trinajstić information content (AvgIpc) is 2.54. The molecule has 1 fully saturated rings. The quantitative estimate of drug-likeness (QED) is 0.805. The molecule has 1 aromatic rings. The van der Waals surface area contributed by atoms with Crippen LogP contribution in [0.4, 0.5) is 11.4 Å². The molecule has 8 heteroatoms. The zero-order chi connectivity index (χ0) is 18.4. The van der Waals surface area contributed by atoms with Gasteiger partial charge >= 0.3 is 0 Å². The van der Waals surface area contributed by atoms with Crippen LogP contribution in [0.5, 0.6) is 0 Å². The van der Waals surface area contributed by atoms with Gasteiger partial charge in [-0.25, -0.2) is 8.42 Å². The third-order valence-electron chi connectivity index (χ3n) is 4.20. The van der Waals surface area contributed by atoms with Crippen molar-refractivity contribution in [2.75, 3.05) is 23.4 Å². The second-order valence-corrected chi connectivity index (χ2v) is 8.34. The largest absolute Gasteiger partial charge is 0.326 e. The Morgan fingerprint density at radius 1 is 1.04 bits per heavy atom. The standard InChI is InChI=1S/C17H25N3O4S/c1-13(21)18-14-8-10-15(11-9-14)19-17(22)12-20(25(2,23)24)16-6-4-3-5-7-16/h8-11,16H,3-7,12H2,1-2H3,(H,18,21)(H,19,22). The molecule has 7 nitrogen and oxygen atoms in total. The van der Waals surface area contributed by atoms with E-state index in [2.05, 4.69) is 10.6 Å². The topological polar surface area (TPSA) is 95.6 Å². The van der Waals surface area contributed by atoms with Gasteiger partial charge in [0.15, 0.2) is 0 Å². The monoisotopic (exact) mass is 367 g/mol. The highest BCUT2D eigenvalue weighted by molar-refractivity contribution is 7.88. The number of amides is 2. The Balaban J connectivity index is 1.99. The predicted molar refractivity (Wildman–Crippen MR) is 97.8 cm³/mol. The highest BCUT2D eigenvalue weighted by Crippen LogP contribution is 2.24. The van der Waals surface area contributed by atoms with Gasteiger partial charge in [-0.3, -0.25) is 9.59 Å². The molecule has 2 amide bonds. The lowest BCUT2D eigenvalue weighted by molar-refractivity contribution is -0.117. The fourth-order valence-corrected chi connectivity index (χ4v) is 4.17. The maximum Gasteiger partial charge on any atom is 0.239 e. The number of nitrogens with one attached hydrogen (secondary N) is 2. The van der Waals surface area contributed by atoms with Crippen LogP contribution in [0, 0.1) is 0 Å². The summed E-state index contributed by atoms with van der Waals surface area (Å²) in [4.78, 5) is 23.3. The van der Waals surface area contributed by atoms with E-state index in [4.69, 9.17) is 0 Å². The van der Waals surface area contributed by atoms with Crippen LogP contribution in [-0.2, 0) is 19.6 Å². The molecule has 1 aromatic carbocycles. The Kier molecular flexibility index (Phi) is 6.55. The zero-order valence-corrected chi connectivity index (χ0v) is 15.4. The molecule has 0 saturated heterocycles. The summed E-state index contributed by atoms with van der Waals surface area (Å²) >= 11 is 0. The van der Waals surface area contributed by atoms with E-state index in [-0.39, 0.29) is 24.4 Å². The first-order chi connectivity index (χ1) is 11.8. The highest BCUT2D eigenvalue weighted by atomic mass is 32.2. The van der Waals surface area contributed by atoms with Gasteiger partial charge in [0.1, 0.15) is 0 Å². The SMILES string of the molecule is CC(=O)Nc1ccc(NC(=O)CN(C2CCCCC2)S(C)(=O)=O)cc1. The number of benzene rings is 1. The van der Waals surface area contributed by atoms with Gasteiger partial charge in [0.05, 0.1) is 12.8 Å². The van der Waals surface area contributed by atoms with Gasteiger partial charge in [0, 0.05) is 24.3 Å². The van der Waals surface area contributed by atoms with Crippen molar-refractivity contribution in [2.24, 2.45) is 0 Å². The first kappa shape index (κ1) is 19.4. The number of carbonyl (C=O) groups excluding carboxylic acids is 2. The number of hydrogen-bond donors (Lipinski definition) is 2. The Labute approximate surface area is 148 Å². The molecule has 0 aromatic heterocycles. The molecule has 0 aliphatic heterocycles. The van der Waals surface area contributed by atoms with Gasteiger partial charge < -0.3 is 10.6 Å². The Morgan fingerprint density at radius 2 is 1.56 bits per heavy atom. The van der Waals surface area contributed by atoms with E-state index in [9.17, 15) is 18.0 Å². The van der Waals surface area contributed by atoms with E-state index >= 15 is 0 Å². The Bertz CT molecular complexity index is 710. The predicted octanol–water partition coefficient (Wildman–Crippen LogP) is 2.18. The lowest BCUT2D eigenvalue weighted by Gasteiger charge is -2.31. The van der Waals surface area contributed by atoms with E-state index < -0.39 is 10.0 Å². The molecule has 2 N–H and O–H groups in total. The van der Waals surface area contributed by atoms with Gasteiger partial charge in [0.2, 0.25) is 21.8 Å². The lowest BCUT2D eigenvalue weighted by atomic mass is 9.95. The third-order valence-corrected chi connectivity index (χ3v) is 5.48. The van der Waals surface area contributed by atoms with E-state index in [1.54, 1.807) is 24.3 Å². The summed E-state index contributed by atoms with van der Waals surface area (Å²) in [5.74, 6) is -0.545. The van der Waals surface area contributed by atoms with Crippen molar-refractivity contribution >= 4 is 33.2 Å². The average molecular weight is 367 g/mol. The summed E-state index contributed by atoms with van der Waals surface area (Å²) < 4.78 is 25.5. The van der Waals surface area contributed by atoms with E-state index in [0.717, 1.165) is 38.4 Å². The number of sulfonamides is 1. The van der Waals surface area contributed by atoms with Crippen molar-refractivity contribution in [1.82, 2.24) is 4.31 Å². The summed E-state index contributed by atoms with van der Waals surface area (Å²) in [6, 6.07) is 6.57. The molecule has 1 aliphatic rings. The van der Waals surface area contributed by atoms with Gasteiger partial charge in [-0.15, -0.1) is 0 Å². The van der Waals surface area contributed by atoms with Crippen molar-refractivity contribution in [2.45, 2.75) is 45.1 Å². The second-order valence-electron chi connectivity index (χ2n) is 6.41. The molecule has 1 saturated carbocycles. The summed E-state index contributed by atoms with van der Waals surface area (Å²) in [7, 11) is -3.45. The minimum atomic E-state index is -3.45. The van der Waals surface area contributed by atoms with Gasteiger partial charge in [-0.05, 0) is 37.1 Å². The number of hydrogen-bond acceptors (Lipinski definition) is 4. The van der Waals surface area contributed by atoms with Crippen LogP contribution in [0.2, 0.25) is 0 Å². The molecule has 0 atom stereocenters.